The molecule has 0 radical (unpaired) electrons. The lowest BCUT2D eigenvalue weighted by atomic mass is 9.87. The summed E-state index contributed by atoms with van der Waals surface area (Å²) >= 11 is 0. The summed E-state index contributed by atoms with van der Waals surface area (Å²) in [6.07, 6.45) is 9.93. The van der Waals surface area contributed by atoms with E-state index < -0.39 is 11.8 Å². The van der Waals surface area contributed by atoms with Crippen LogP contribution in [0.3, 0.4) is 0 Å². The number of hydrogen-bond acceptors (Lipinski definition) is 8. The molecule has 38 heavy (non-hydrogen) atoms. The standard InChI is InChI=1S/C27H29FN6O4/c1-3-34-15-29-12-20(34)14-37-27(35)19-8-9-22-23(11-19)32-24(31-22)10-17-4-6-18(7-5-17)25-30-13-21(28)26(33-25)38-16-36-2/h6,8-9,11-13,15,17H,3-5,7,10,14,16H2,1-2H3,(H,31,32). The van der Waals surface area contributed by atoms with E-state index in [1.54, 1.807) is 24.7 Å². The van der Waals surface area contributed by atoms with Gasteiger partial charge in [0.25, 0.3) is 5.88 Å². The number of allylic oxidation sites excluding steroid dienone is 2. The van der Waals surface area contributed by atoms with Gasteiger partial charge >= 0.3 is 5.97 Å². The number of rotatable bonds is 10. The number of nitrogens with one attached hydrogen (secondary N) is 1. The number of hydrogen-bond donors (Lipinski definition) is 1. The molecule has 1 aliphatic carbocycles. The summed E-state index contributed by atoms with van der Waals surface area (Å²) < 4.78 is 31.3. The molecular weight excluding hydrogens is 491 g/mol. The lowest BCUT2D eigenvalue weighted by Crippen LogP contribution is -2.11. The van der Waals surface area contributed by atoms with Gasteiger partial charge in [0.15, 0.2) is 12.6 Å². The lowest BCUT2D eigenvalue weighted by molar-refractivity contribution is 0.0444. The van der Waals surface area contributed by atoms with Crippen molar-refractivity contribution in [1.29, 1.82) is 0 Å². The fourth-order valence-electron chi connectivity index (χ4n) is 4.53. The molecule has 0 saturated carbocycles. The first-order valence-electron chi connectivity index (χ1n) is 12.5. The molecule has 3 heterocycles. The van der Waals surface area contributed by atoms with Crippen molar-refractivity contribution < 1.29 is 23.4 Å². The number of aromatic amines is 1. The van der Waals surface area contributed by atoms with Crippen LogP contribution in [-0.2, 0) is 29.0 Å². The van der Waals surface area contributed by atoms with Crippen molar-refractivity contribution in [3.63, 3.8) is 0 Å². The summed E-state index contributed by atoms with van der Waals surface area (Å²) in [5.74, 6) is 0.599. The molecule has 0 saturated heterocycles. The summed E-state index contributed by atoms with van der Waals surface area (Å²) in [7, 11) is 1.46. The van der Waals surface area contributed by atoms with Crippen LogP contribution < -0.4 is 4.74 Å². The molecule has 1 aromatic carbocycles. The highest BCUT2D eigenvalue weighted by atomic mass is 19.1. The van der Waals surface area contributed by atoms with E-state index in [1.165, 1.54) is 7.11 Å². The Morgan fingerprint density at radius 3 is 2.95 bits per heavy atom. The number of imidazole rings is 2. The minimum Gasteiger partial charge on any atom is -0.456 e. The van der Waals surface area contributed by atoms with Crippen LogP contribution in [0.2, 0.25) is 0 Å². The third-order valence-corrected chi connectivity index (χ3v) is 6.57. The molecule has 0 fully saturated rings. The Morgan fingerprint density at radius 2 is 2.16 bits per heavy atom. The molecule has 1 N–H and O–H groups in total. The van der Waals surface area contributed by atoms with E-state index in [2.05, 4.69) is 26.0 Å². The molecule has 5 rings (SSSR count). The molecule has 3 aromatic heterocycles. The summed E-state index contributed by atoms with van der Waals surface area (Å²) in [6, 6.07) is 5.34. The highest BCUT2D eigenvalue weighted by Gasteiger charge is 2.20. The molecule has 1 unspecified atom stereocenters. The van der Waals surface area contributed by atoms with Gasteiger partial charge in [-0.25, -0.2) is 19.7 Å². The predicted octanol–water partition coefficient (Wildman–Crippen LogP) is 4.47. The zero-order valence-electron chi connectivity index (χ0n) is 21.3. The van der Waals surface area contributed by atoms with Crippen LogP contribution in [0.4, 0.5) is 4.39 Å². The van der Waals surface area contributed by atoms with Gasteiger partial charge in [0.2, 0.25) is 5.82 Å². The maximum atomic E-state index is 13.9. The van der Waals surface area contributed by atoms with Gasteiger partial charge < -0.3 is 23.8 Å². The summed E-state index contributed by atoms with van der Waals surface area (Å²) in [4.78, 5) is 33.1. The SMILES string of the molecule is CCn1cncc1COC(=O)c1ccc2nc(CC3CC=C(c4ncc(F)c(OCOC)n4)CC3)[nH]c2c1. The zero-order chi connectivity index (χ0) is 26.5. The number of nitrogens with zero attached hydrogens (tertiary/aromatic N) is 5. The van der Waals surface area contributed by atoms with Crippen LogP contribution in [0.5, 0.6) is 5.88 Å². The molecule has 0 amide bonds. The second-order valence-corrected chi connectivity index (χ2v) is 9.13. The van der Waals surface area contributed by atoms with Crippen molar-refractivity contribution in [2.75, 3.05) is 13.9 Å². The largest absolute Gasteiger partial charge is 0.456 e. The highest BCUT2D eigenvalue weighted by molar-refractivity contribution is 5.93. The topological polar surface area (TPSA) is 117 Å². The van der Waals surface area contributed by atoms with Crippen LogP contribution >= 0.6 is 0 Å². The molecule has 1 atom stereocenters. The first kappa shape index (κ1) is 25.5. The summed E-state index contributed by atoms with van der Waals surface area (Å²) in [6.45, 7) is 2.86. The number of esters is 1. The summed E-state index contributed by atoms with van der Waals surface area (Å²) in [5.41, 5.74) is 3.88. The molecule has 10 nitrogen and oxygen atoms in total. The van der Waals surface area contributed by atoms with E-state index in [0.717, 1.165) is 66.5 Å². The van der Waals surface area contributed by atoms with E-state index in [0.29, 0.717) is 17.3 Å². The van der Waals surface area contributed by atoms with Crippen molar-refractivity contribution in [2.24, 2.45) is 5.92 Å². The molecule has 4 aromatic rings. The highest BCUT2D eigenvalue weighted by Crippen LogP contribution is 2.31. The van der Waals surface area contributed by atoms with Crippen molar-refractivity contribution in [3.05, 3.63) is 71.7 Å². The number of aromatic nitrogens is 6. The quantitative estimate of drug-likeness (QED) is 0.240. The first-order chi connectivity index (χ1) is 18.5. The second-order valence-electron chi connectivity index (χ2n) is 9.13. The average Bonchev–Trinajstić information content (AvgIpc) is 3.57. The molecule has 1 aliphatic rings. The second kappa shape index (κ2) is 11.5. The molecule has 198 valence electrons. The van der Waals surface area contributed by atoms with Crippen molar-refractivity contribution in [2.45, 2.75) is 45.8 Å². The number of aryl methyl sites for hydroxylation is 1. The van der Waals surface area contributed by atoms with E-state index in [1.807, 2.05) is 17.6 Å². The minimum absolute atomic E-state index is 0.0833. The Morgan fingerprint density at radius 1 is 1.26 bits per heavy atom. The van der Waals surface area contributed by atoms with Crippen LogP contribution in [0.25, 0.3) is 16.6 Å². The fourth-order valence-corrected chi connectivity index (χ4v) is 4.53. The monoisotopic (exact) mass is 520 g/mol. The maximum absolute atomic E-state index is 13.9. The molecule has 0 bridgehead atoms. The minimum atomic E-state index is -0.620. The average molecular weight is 521 g/mol. The van der Waals surface area contributed by atoms with Crippen LogP contribution in [0, 0.1) is 11.7 Å². The Labute approximate surface area is 218 Å². The number of carbonyl (C=O) groups is 1. The van der Waals surface area contributed by atoms with E-state index >= 15 is 0 Å². The van der Waals surface area contributed by atoms with Gasteiger partial charge in [0.05, 0.1) is 41.0 Å². The van der Waals surface area contributed by atoms with Gasteiger partial charge in [0, 0.05) is 20.1 Å². The van der Waals surface area contributed by atoms with E-state index in [4.69, 9.17) is 19.2 Å². The molecule has 0 spiro atoms. The van der Waals surface area contributed by atoms with Gasteiger partial charge in [-0.15, -0.1) is 0 Å². The fraction of sp³-hybridized carbons (Fsp3) is 0.370. The zero-order valence-corrected chi connectivity index (χ0v) is 21.3. The molecule has 11 heteroatoms. The number of benzene rings is 1. The molecule has 0 aliphatic heterocycles. The Kier molecular flexibility index (Phi) is 7.73. The Balaban J connectivity index is 1.20. The third kappa shape index (κ3) is 5.72. The number of ether oxygens (including phenoxy) is 3. The van der Waals surface area contributed by atoms with Gasteiger partial charge in [-0.2, -0.15) is 9.37 Å². The normalized spacial score (nSPS) is 15.4. The maximum Gasteiger partial charge on any atom is 0.338 e. The molecular formula is C27H29FN6O4. The lowest BCUT2D eigenvalue weighted by Gasteiger charge is -2.20. The van der Waals surface area contributed by atoms with Crippen LogP contribution in [0.1, 0.15) is 53.9 Å². The number of fused-ring (bicyclic) bond motifs is 1. The van der Waals surface area contributed by atoms with Crippen molar-refractivity contribution in [1.82, 2.24) is 29.5 Å². The predicted molar refractivity (Wildman–Crippen MR) is 137 cm³/mol. The van der Waals surface area contributed by atoms with Gasteiger partial charge in [-0.3, -0.25) is 0 Å². The number of halogens is 1. The number of H-pyrrole nitrogens is 1. The third-order valence-electron chi connectivity index (χ3n) is 6.57. The van der Waals surface area contributed by atoms with Gasteiger partial charge in [-0.1, -0.05) is 6.08 Å². The van der Waals surface area contributed by atoms with Gasteiger partial charge in [-0.05, 0) is 55.9 Å². The van der Waals surface area contributed by atoms with Crippen LogP contribution in [0.15, 0.2) is 43.0 Å². The Hall–Kier alpha value is -4.12. The van der Waals surface area contributed by atoms with Gasteiger partial charge in [0.1, 0.15) is 12.4 Å². The van der Waals surface area contributed by atoms with E-state index in [9.17, 15) is 9.18 Å². The van der Waals surface area contributed by atoms with Crippen LogP contribution in [-0.4, -0.2) is 49.4 Å². The smallest absolute Gasteiger partial charge is 0.338 e. The number of methoxy groups -OCH3 is 1. The van der Waals surface area contributed by atoms with Crippen molar-refractivity contribution in [3.8, 4) is 5.88 Å². The van der Waals surface area contributed by atoms with E-state index in [-0.39, 0.29) is 19.3 Å². The number of carbonyl (C=O) groups excluding carboxylic acids is 1. The van der Waals surface area contributed by atoms with Crippen molar-refractivity contribution >= 4 is 22.6 Å². The summed E-state index contributed by atoms with van der Waals surface area (Å²) in [5, 5.41) is 0. The Bertz CT molecular complexity index is 1460. The first-order valence-corrected chi connectivity index (χ1v) is 12.5.